The summed E-state index contributed by atoms with van der Waals surface area (Å²) in [5.74, 6) is -0.193. The summed E-state index contributed by atoms with van der Waals surface area (Å²) in [7, 11) is 1.54. The maximum absolute atomic E-state index is 13.0. The van der Waals surface area contributed by atoms with Gasteiger partial charge in [0, 0.05) is 6.42 Å². The second-order valence-electron chi connectivity index (χ2n) is 22.0. The van der Waals surface area contributed by atoms with Crippen LogP contribution >= 0.6 is 7.82 Å². The highest BCUT2D eigenvalue weighted by atomic mass is 31.2. The number of aliphatic hydroxyl groups excluding tert-OH is 1. The van der Waals surface area contributed by atoms with E-state index in [0.29, 0.717) is 17.4 Å². The van der Waals surface area contributed by atoms with Gasteiger partial charge in [0.05, 0.1) is 39.9 Å². The molecule has 0 aliphatic carbocycles. The highest BCUT2D eigenvalue weighted by molar-refractivity contribution is 7.47. The average Bonchev–Trinajstić information content (AvgIpc) is 3.37. The van der Waals surface area contributed by atoms with Gasteiger partial charge in [0.25, 0.3) is 0 Å². The van der Waals surface area contributed by atoms with E-state index in [0.717, 1.165) is 83.5 Å². The van der Waals surface area contributed by atoms with Gasteiger partial charge in [0.2, 0.25) is 5.91 Å². The van der Waals surface area contributed by atoms with Gasteiger partial charge in [-0.25, -0.2) is 4.57 Å². The largest absolute Gasteiger partial charge is 0.472 e. The number of phosphoric acid groups is 1. The van der Waals surface area contributed by atoms with Gasteiger partial charge >= 0.3 is 7.82 Å². The number of phosphoric ester groups is 1. The number of likely N-dealkylation sites (N-methyl/N-ethyl adjacent to an activating group) is 1. The molecule has 0 aliphatic heterocycles. The second-order valence-corrected chi connectivity index (χ2v) is 23.5. The number of hydrogen-bond acceptors (Lipinski definition) is 5. The second kappa shape index (κ2) is 56.2. The number of nitrogens with zero attached hydrogens (tertiary/aromatic N) is 1. The van der Waals surface area contributed by atoms with Crippen LogP contribution in [0.25, 0.3) is 0 Å². The van der Waals surface area contributed by atoms with Crippen molar-refractivity contribution in [1.29, 1.82) is 0 Å². The number of aliphatic hydroxyl groups is 1. The Bertz CT molecular complexity index is 1540. The van der Waals surface area contributed by atoms with Gasteiger partial charge in [-0.1, -0.05) is 272 Å². The van der Waals surface area contributed by atoms with Crippen LogP contribution in [-0.4, -0.2) is 73.4 Å². The molecular weight excluding hydrogens is 948 g/mol. The average molecular weight is 1070 g/mol. The quantitative estimate of drug-likeness (QED) is 0.0243. The molecule has 434 valence electrons. The van der Waals surface area contributed by atoms with E-state index < -0.39 is 20.0 Å². The van der Waals surface area contributed by atoms with Gasteiger partial charge in [-0.05, 0) is 83.5 Å². The van der Waals surface area contributed by atoms with Gasteiger partial charge in [0.15, 0.2) is 0 Å². The molecule has 0 spiro atoms. The predicted molar refractivity (Wildman–Crippen MR) is 327 cm³/mol. The molecule has 0 aromatic heterocycles. The van der Waals surface area contributed by atoms with Crippen molar-refractivity contribution in [2.75, 3.05) is 40.9 Å². The van der Waals surface area contributed by atoms with Gasteiger partial charge < -0.3 is 19.8 Å². The molecule has 75 heavy (non-hydrogen) atoms. The zero-order valence-corrected chi connectivity index (χ0v) is 50.4. The van der Waals surface area contributed by atoms with Crippen LogP contribution in [0.1, 0.15) is 264 Å². The zero-order chi connectivity index (χ0) is 54.9. The van der Waals surface area contributed by atoms with Crippen molar-refractivity contribution < 1.29 is 32.9 Å². The summed E-state index contributed by atoms with van der Waals surface area (Å²) in [6.45, 7) is 4.69. The molecule has 8 nitrogen and oxygen atoms in total. The lowest BCUT2D eigenvalue weighted by Gasteiger charge is -2.25. The third kappa shape index (κ3) is 58.9. The molecule has 0 aromatic carbocycles. The Morgan fingerprint density at radius 1 is 0.467 bits per heavy atom. The molecule has 9 heteroatoms. The van der Waals surface area contributed by atoms with Crippen LogP contribution in [0.2, 0.25) is 0 Å². The molecule has 0 aliphatic rings. The fraction of sp³-hybridized carbons (Fsp3) is 0.742. The molecule has 0 saturated carbocycles. The Hall–Kier alpha value is -2.58. The minimum Gasteiger partial charge on any atom is -0.387 e. The van der Waals surface area contributed by atoms with Crippen LogP contribution in [0.4, 0.5) is 0 Å². The van der Waals surface area contributed by atoms with Crippen LogP contribution in [0.3, 0.4) is 0 Å². The van der Waals surface area contributed by atoms with Gasteiger partial charge in [-0.15, -0.1) is 0 Å². The number of amides is 1. The molecule has 3 unspecified atom stereocenters. The lowest BCUT2D eigenvalue weighted by atomic mass is 10.0. The highest BCUT2D eigenvalue weighted by Crippen LogP contribution is 2.43. The Morgan fingerprint density at radius 3 is 1.23 bits per heavy atom. The van der Waals surface area contributed by atoms with E-state index in [-0.39, 0.29) is 19.1 Å². The predicted octanol–water partition coefficient (Wildman–Crippen LogP) is 19.4. The number of unbranched alkanes of at least 4 members (excludes halogenated alkanes) is 29. The first-order valence-corrected chi connectivity index (χ1v) is 32.6. The van der Waals surface area contributed by atoms with Crippen molar-refractivity contribution in [1.82, 2.24) is 5.32 Å². The minimum absolute atomic E-state index is 0.0511. The van der Waals surface area contributed by atoms with Crippen molar-refractivity contribution in [3.63, 3.8) is 0 Å². The van der Waals surface area contributed by atoms with Crippen molar-refractivity contribution in [2.45, 2.75) is 276 Å². The summed E-state index contributed by atoms with van der Waals surface area (Å²) in [5.41, 5.74) is 0. The smallest absolute Gasteiger partial charge is 0.387 e. The highest BCUT2D eigenvalue weighted by Gasteiger charge is 2.27. The third-order valence-corrected chi connectivity index (χ3v) is 14.5. The SMILES string of the molecule is CC/C=C\C/C=C\C/C=C\C/C=C\C/C=C\C/C=C\CCCCCCCCCCCCC(=O)NC(COP(=O)(O)OCC[N+](C)(C)C)C(O)/C=C/CC/C=C/CCCCCCCCCCCCCCCCCCCC. The molecule has 0 bridgehead atoms. The Morgan fingerprint density at radius 2 is 0.813 bits per heavy atom. The Balaban J connectivity index is 4.23. The number of rotatable bonds is 56. The van der Waals surface area contributed by atoms with Gasteiger partial charge in [-0.3, -0.25) is 13.8 Å². The van der Waals surface area contributed by atoms with Crippen molar-refractivity contribution in [2.24, 2.45) is 0 Å². The Kier molecular flexibility index (Phi) is 54.2. The van der Waals surface area contributed by atoms with E-state index in [1.807, 2.05) is 27.2 Å². The van der Waals surface area contributed by atoms with E-state index in [9.17, 15) is 19.4 Å². The summed E-state index contributed by atoms with van der Waals surface area (Å²) in [5, 5.41) is 13.9. The summed E-state index contributed by atoms with van der Waals surface area (Å²) in [4.78, 5) is 23.4. The maximum Gasteiger partial charge on any atom is 0.472 e. The van der Waals surface area contributed by atoms with Crippen LogP contribution in [0, 0.1) is 0 Å². The summed E-state index contributed by atoms with van der Waals surface area (Å²) in [6, 6.07) is -0.873. The summed E-state index contributed by atoms with van der Waals surface area (Å²) in [6.07, 6.45) is 80.9. The van der Waals surface area contributed by atoms with Gasteiger partial charge in [-0.2, -0.15) is 0 Å². The number of carbonyl (C=O) groups excluding carboxylic acids is 1. The van der Waals surface area contributed by atoms with E-state index in [1.165, 1.54) is 161 Å². The first-order valence-electron chi connectivity index (χ1n) is 31.1. The molecule has 3 atom stereocenters. The van der Waals surface area contributed by atoms with Crippen LogP contribution < -0.4 is 5.32 Å². The standard InChI is InChI=1S/C66H119N2O6P/c1-6-8-10-12-14-16-18-20-22-24-26-28-30-32-33-34-35-36-38-40-42-44-46-48-50-52-54-56-58-60-66(70)67-64(63-74-75(71,72)73-62-61-68(3,4)5)65(69)59-57-55-53-51-49-47-45-43-41-39-37-31-29-27-25-23-21-19-17-15-13-11-9-7-2/h8,10,14,16,20,22,26,28,32-33,35-36,49,51,57,59,64-65,69H,6-7,9,11-13,15,17-19,21,23-25,27,29-31,34,37-48,50,52-56,58,60-63H2,1-5H3,(H-,67,70,71,72)/p+1/b10-8-,16-14-,22-20-,28-26-,33-32-,36-35-,51-49+,59-57+. The van der Waals surface area contributed by atoms with Crippen LogP contribution in [0.15, 0.2) is 97.2 Å². The Labute approximate surface area is 464 Å². The molecule has 0 radical (unpaired) electrons. The first-order chi connectivity index (χ1) is 36.5. The minimum atomic E-state index is -4.37. The molecule has 0 fully saturated rings. The fourth-order valence-electron chi connectivity index (χ4n) is 8.71. The van der Waals surface area contributed by atoms with Crippen LogP contribution in [0.5, 0.6) is 0 Å². The number of quaternary nitrogens is 1. The zero-order valence-electron chi connectivity index (χ0n) is 49.5. The fourth-order valence-corrected chi connectivity index (χ4v) is 9.45. The summed E-state index contributed by atoms with van der Waals surface area (Å²) < 4.78 is 23.7. The van der Waals surface area contributed by atoms with Gasteiger partial charge in [0.1, 0.15) is 13.2 Å². The monoisotopic (exact) mass is 1070 g/mol. The summed E-state index contributed by atoms with van der Waals surface area (Å²) >= 11 is 0. The molecule has 0 heterocycles. The first kappa shape index (κ1) is 72.4. The third-order valence-electron chi connectivity index (χ3n) is 13.5. The number of allylic oxidation sites excluding steroid dienone is 15. The molecule has 0 saturated heterocycles. The van der Waals surface area contributed by atoms with E-state index in [4.69, 9.17) is 9.05 Å². The number of carbonyl (C=O) groups is 1. The van der Waals surface area contributed by atoms with Crippen molar-refractivity contribution >= 4 is 13.7 Å². The topological polar surface area (TPSA) is 105 Å². The van der Waals surface area contributed by atoms with Crippen molar-refractivity contribution in [3.8, 4) is 0 Å². The lowest BCUT2D eigenvalue weighted by molar-refractivity contribution is -0.870. The number of hydrogen-bond donors (Lipinski definition) is 3. The molecule has 1 amide bonds. The normalized spacial score (nSPS) is 14.5. The van der Waals surface area contributed by atoms with E-state index in [1.54, 1.807) is 6.08 Å². The maximum atomic E-state index is 13.0. The van der Waals surface area contributed by atoms with Crippen LogP contribution in [-0.2, 0) is 18.4 Å². The van der Waals surface area contributed by atoms with E-state index in [2.05, 4.69) is 104 Å². The molecule has 0 aromatic rings. The molecular formula is C66H120N2O6P+. The van der Waals surface area contributed by atoms with E-state index >= 15 is 0 Å². The molecule has 3 N–H and O–H groups in total. The van der Waals surface area contributed by atoms with Crippen molar-refractivity contribution in [3.05, 3.63) is 97.2 Å². The lowest BCUT2D eigenvalue weighted by Crippen LogP contribution is -2.45. The molecule has 0 rings (SSSR count). The number of nitrogens with one attached hydrogen (secondary N) is 1.